The zero-order valence-corrected chi connectivity index (χ0v) is 18.2. The lowest BCUT2D eigenvalue weighted by Gasteiger charge is -2.11. The van der Waals surface area contributed by atoms with E-state index >= 15 is 0 Å². The highest BCUT2D eigenvalue weighted by Crippen LogP contribution is 2.28. The number of fused-ring (bicyclic) bond motifs is 1. The van der Waals surface area contributed by atoms with Crippen LogP contribution in [0.25, 0.3) is 11.0 Å². The number of nitrogens with one attached hydrogen (secondary N) is 1. The first-order valence-electron chi connectivity index (χ1n) is 11.2. The van der Waals surface area contributed by atoms with Crippen molar-refractivity contribution in [3.63, 3.8) is 0 Å². The number of para-hydroxylation sites is 2. The molecule has 1 aliphatic carbocycles. The predicted molar refractivity (Wildman–Crippen MR) is 122 cm³/mol. The monoisotopic (exact) mass is 421 g/mol. The van der Waals surface area contributed by atoms with E-state index < -0.39 is 0 Å². The molecule has 0 saturated heterocycles. The van der Waals surface area contributed by atoms with Gasteiger partial charge in [-0.1, -0.05) is 24.6 Å². The van der Waals surface area contributed by atoms with E-state index in [1.165, 1.54) is 0 Å². The highest BCUT2D eigenvalue weighted by molar-refractivity contribution is 5.80. The van der Waals surface area contributed by atoms with E-state index in [1.807, 2.05) is 30.3 Å². The summed E-state index contributed by atoms with van der Waals surface area (Å²) in [6, 6.07) is 15.9. The van der Waals surface area contributed by atoms with Gasteiger partial charge in [0, 0.05) is 24.9 Å². The number of benzene rings is 2. The summed E-state index contributed by atoms with van der Waals surface area (Å²) in [6.07, 6.45) is 6.18. The van der Waals surface area contributed by atoms with Gasteiger partial charge < -0.3 is 19.4 Å². The molecule has 0 spiro atoms. The van der Waals surface area contributed by atoms with E-state index in [9.17, 15) is 4.79 Å². The van der Waals surface area contributed by atoms with E-state index in [0.29, 0.717) is 12.5 Å². The van der Waals surface area contributed by atoms with Crippen molar-refractivity contribution in [2.75, 3.05) is 20.3 Å². The second kappa shape index (κ2) is 10.3. The first-order chi connectivity index (χ1) is 15.2. The van der Waals surface area contributed by atoms with Gasteiger partial charge in [-0.25, -0.2) is 4.98 Å². The standard InChI is InChI=1S/C25H31N3O3/c1-30-20-8-7-9-21(18-20)31-17-16-28-23-11-5-4-10-22(23)27-24(28)12-3-2-6-15-26-25(29)19-13-14-19/h4-5,7-11,18-19H,2-3,6,12-17H2,1H3,(H,26,29). The number of hydrogen-bond acceptors (Lipinski definition) is 4. The fraction of sp³-hybridized carbons (Fsp3) is 0.440. The third-order valence-electron chi connectivity index (χ3n) is 5.68. The molecule has 0 unspecified atom stereocenters. The molecule has 0 atom stereocenters. The number of hydrogen-bond donors (Lipinski definition) is 1. The van der Waals surface area contributed by atoms with Crippen LogP contribution in [0.4, 0.5) is 0 Å². The lowest BCUT2D eigenvalue weighted by Crippen LogP contribution is -2.25. The van der Waals surface area contributed by atoms with Gasteiger partial charge in [0.2, 0.25) is 5.91 Å². The molecule has 1 fully saturated rings. The van der Waals surface area contributed by atoms with Gasteiger partial charge in [0.15, 0.2) is 0 Å². The molecule has 1 N–H and O–H groups in total. The lowest BCUT2D eigenvalue weighted by atomic mass is 10.2. The third-order valence-corrected chi connectivity index (χ3v) is 5.68. The molecule has 0 bridgehead atoms. The Morgan fingerprint density at radius 2 is 1.94 bits per heavy atom. The Kier molecular flexibility index (Phi) is 7.07. The number of imidazole rings is 1. The van der Waals surface area contributed by atoms with Crippen molar-refractivity contribution >= 4 is 16.9 Å². The van der Waals surface area contributed by atoms with Crippen molar-refractivity contribution in [1.29, 1.82) is 0 Å². The van der Waals surface area contributed by atoms with Gasteiger partial charge in [-0.05, 0) is 49.9 Å². The quantitative estimate of drug-likeness (QED) is 0.441. The number of unbranched alkanes of at least 4 members (excludes halogenated alkanes) is 2. The molecule has 6 heteroatoms. The van der Waals surface area contributed by atoms with Gasteiger partial charge in [0.25, 0.3) is 0 Å². The molecule has 1 amide bonds. The van der Waals surface area contributed by atoms with Crippen molar-refractivity contribution in [2.24, 2.45) is 5.92 Å². The van der Waals surface area contributed by atoms with Crippen molar-refractivity contribution in [3.8, 4) is 11.5 Å². The van der Waals surface area contributed by atoms with Gasteiger partial charge in [-0.2, -0.15) is 0 Å². The molecular formula is C25H31N3O3. The van der Waals surface area contributed by atoms with Crippen LogP contribution in [0.1, 0.15) is 37.9 Å². The molecule has 6 nitrogen and oxygen atoms in total. The van der Waals surface area contributed by atoms with Crippen LogP contribution in [0, 0.1) is 5.92 Å². The molecule has 1 aromatic heterocycles. The first-order valence-corrected chi connectivity index (χ1v) is 11.2. The largest absolute Gasteiger partial charge is 0.497 e. The van der Waals surface area contributed by atoms with Crippen molar-refractivity contribution < 1.29 is 14.3 Å². The average molecular weight is 422 g/mol. The van der Waals surface area contributed by atoms with Crippen LogP contribution >= 0.6 is 0 Å². The minimum atomic E-state index is 0.234. The van der Waals surface area contributed by atoms with Crippen LogP contribution in [0.2, 0.25) is 0 Å². The normalized spacial score (nSPS) is 13.3. The highest BCUT2D eigenvalue weighted by atomic mass is 16.5. The van der Waals surface area contributed by atoms with Crippen LogP contribution in [0.15, 0.2) is 48.5 Å². The van der Waals surface area contributed by atoms with Crippen LogP contribution in [0.3, 0.4) is 0 Å². The second-order valence-corrected chi connectivity index (χ2v) is 8.07. The fourth-order valence-corrected chi connectivity index (χ4v) is 3.80. The summed E-state index contributed by atoms with van der Waals surface area (Å²) in [5, 5.41) is 3.04. The molecule has 31 heavy (non-hydrogen) atoms. The van der Waals surface area contributed by atoms with Crippen LogP contribution in [-0.2, 0) is 17.8 Å². The number of nitrogens with zero attached hydrogens (tertiary/aromatic N) is 2. The lowest BCUT2D eigenvalue weighted by molar-refractivity contribution is -0.122. The minimum absolute atomic E-state index is 0.234. The van der Waals surface area contributed by atoms with E-state index in [2.05, 4.69) is 28.1 Å². The highest BCUT2D eigenvalue weighted by Gasteiger charge is 2.28. The maximum absolute atomic E-state index is 11.7. The summed E-state index contributed by atoms with van der Waals surface area (Å²) in [5.74, 6) is 3.22. The number of amides is 1. The summed E-state index contributed by atoms with van der Waals surface area (Å²) in [7, 11) is 1.66. The average Bonchev–Trinajstić information content (AvgIpc) is 3.59. The van der Waals surface area contributed by atoms with Crippen LogP contribution < -0.4 is 14.8 Å². The van der Waals surface area contributed by atoms with Crippen molar-refractivity contribution in [3.05, 3.63) is 54.4 Å². The fourth-order valence-electron chi connectivity index (χ4n) is 3.80. The number of carbonyl (C=O) groups excluding carboxylic acids is 1. The molecule has 3 aromatic rings. The summed E-state index contributed by atoms with van der Waals surface area (Å²) in [4.78, 5) is 16.6. The Morgan fingerprint density at radius 1 is 1.10 bits per heavy atom. The van der Waals surface area contributed by atoms with Crippen LogP contribution in [0.5, 0.6) is 11.5 Å². The summed E-state index contributed by atoms with van der Waals surface area (Å²) < 4.78 is 13.5. The Morgan fingerprint density at radius 3 is 2.77 bits per heavy atom. The smallest absolute Gasteiger partial charge is 0.223 e. The van der Waals surface area contributed by atoms with Crippen molar-refractivity contribution in [2.45, 2.75) is 45.1 Å². The van der Waals surface area contributed by atoms with Gasteiger partial charge in [-0.15, -0.1) is 0 Å². The SMILES string of the molecule is COc1cccc(OCCn2c(CCCCCNC(=O)C3CC3)nc3ccccc32)c1. The van der Waals surface area contributed by atoms with Crippen molar-refractivity contribution in [1.82, 2.24) is 14.9 Å². The molecule has 0 radical (unpaired) electrons. The Bertz CT molecular complexity index is 1010. The van der Waals surface area contributed by atoms with E-state index in [0.717, 1.165) is 80.0 Å². The summed E-state index contributed by atoms with van der Waals surface area (Å²) >= 11 is 0. The number of ether oxygens (including phenoxy) is 2. The van der Waals surface area contributed by atoms with E-state index in [1.54, 1.807) is 7.11 Å². The van der Waals surface area contributed by atoms with Gasteiger partial charge in [-0.3, -0.25) is 4.79 Å². The third kappa shape index (κ3) is 5.78. The van der Waals surface area contributed by atoms with Gasteiger partial charge >= 0.3 is 0 Å². The van der Waals surface area contributed by atoms with Gasteiger partial charge in [0.1, 0.15) is 23.9 Å². The number of rotatable bonds is 12. The predicted octanol–water partition coefficient (Wildman–Crippen LogP) is 4.36. The summed E-state index contributed by atoms with van der Waals surface area (Å²) in [5.41, 5.74) is 2.17. The number of aryl methyl sites for hydroxylation is 1. The van der Waals surface area contributed by atoms with E-state index in [-0.39, 0.29) is 5.91 Å². The molecule has 1 aliphatic rings. The van der Waals surface area contributed by atoms with E-state index in [4.69, 9.17) is 14.5 Å². The molecule has 2 aromatic carbocycles. The molecule has 1 saturated carbocycles. The molecule has 4 rings (SSSR count). The molecule has 1 heterocycles. The van der Waals surface area contributed by atoms with Crippen LogP contribution in [-0.4, -0.2) is 35.7 Å². The number of methoxy groups -OCH3 is 1. The maximum Gasteiger partial charge on any atom is 0.223 e. The Balaban J connectivity index is 1.30. The maximum atomic E-state index is 11.7. The zero-order chi connectivity index (χ0) is 21.5. The first kappa shape index (κ1) is 21.2. The Labute approximate surface area is 183 Å². The topological polar surface area (TPSA) is 65.4 Å². The number of carbonyl (C=O) groups is 1. The van der Waals surface area contributed by atoms with Gasteiger partial charge in [0.05, 0.1) is 24.7 Å². The molecule has 0 aliphatic heterocycles. The second-order valence-electron chi connectivity index (χ2n) is 8.07. The molecule has 164 valence electrons. The summed E-state index contributed by atoms with van der Waals surface area (Å²) in [6.45, 7) is 2.08. The number of aromatic nitrogens is 2. The zero-order valence-electron chi connectivity index (χ0n) is 18.2. The Hall–Kier alpha value is -3.02. The minimum Gasteiger partial charge on any atom is -0.497 e. The molecular weight excluding hydrogens is 390 g/mol.